The first-order chi connectivity index (χ1) is 12.8. The van der Waals surface area contributed by atoms with Crippen LogP contribution in [0.1, 0.15) is 24.7 Å². The Morgan fingerprint density at radius 3 is 2.70 bits per heavy atom. The van der Waals surface area contributed by atoms with Crippen molar-refractivity contribution in [3.63, 3.8) is 0 Å². The van der Waals surface area contributed by atoms with Gasteiger partial charge in [0.2, 0.25) is 0 Å². The van der Waals surface area contributed by atoms with Gasteiger partial charge in [0.15, 0.2) is 17.4 Å². The van der Waals surface area contributed by atoms with E-state index in [2.05, 4.69) is 44.9 Å². The van der Waals surface area contributed by atoms with Crippen LogP contribution in [0.3, 0.4) is 0 Å². The molecule has 2 N–H and O–H groups in total. The SMILES string of the molecule is CCNC(=NCc1nnc2ccccn12)NCCCc1ccc(Cl)cc1.I. The molecular weight excluding hydrogens is 475 g/mol. The predicted octanol–water partition coefficient (Wildman–Crippen LogP) is 3.69. The molecule has 0 aliphatic heterocycles. The number of hydrogen-bond acceptors (Lipinski definition) is 3. The van der Waals surface area contributed by atoms with Crippen LogP contribution in [0.5, 0.6) is 0 Å². The summed E-state index contributed by atoms with van der Waals surface area (Å²) in [6.45, 7) is 4.17. The van der Waals surface area contributed by atoms with Crippen molar-refractivity contribution >= 4 is 47.2 Å². The number of rotatable bonds is 7. The van der Waals surface area contributed by atoms with Gasteiger partial charge in [-0.25, -0.2) is 4.99 Å². The van der Waals surface area contributed by atoms with Gasteiger partial charge in [-0.2, -0.15) is 0 Å². The van der Waals surface area contributed by atoms with Crippen LogP contribution in [-0.4, -0.2) is 33.6 Å². The van der Waals surface area contributed by atoms with Gasteiger partial charge >= 0.3 is 0 Å². The van der Waals surface area contributed by atoms with Crippen molar-refractivity contribution < 1.29 is 0 Å². The van der Waals surface area contributed by atoms with Crippen molar-refractivity contribution in [3.05, 3.63) is 65.1 Å². The molecule has 0 saturated heterocycles. The Morgan fingerprint density at radius 1 is 1.11 bits per heavy atom. The lowest BCUT2D eigenvalue weighted by Gasteiger charge is -2.11. The third-order valence-electron chi connectivity index (χ3n) is 3.96. The van der Waals surface area contributed by atoms with Gasteiger partial charge in [-0.15, -0.1) is 34.2 Å². The van der Waals surface area contributed by atoms with Crippen LogP contribution in [0.25, 0.3) is 5.65 Å². The summed E-state index contributed by atoms with van der Waals surface area (Å²) in [5.41, 5.74) is 2.12. The molecule has 2 aromatic heterocycles. The average Bonchev–Trinajstić information content (AvgIpc) is 3.08. The highest BCUT2D eigenvalue weighted by atomic mass is 127. The highest BCUT2D eigenvalue weighted by Gasteiger charge is 2.04. The smallest absolute Gasteiger partial charge is 0.191 e. The monoisotopic (exact) mass is 498 g/mol. The fourth-order valence-electron chi connectivity index (χ4n) is 2.64. The number of nitrogens with zero attached hydrogens (tertiary/aromatic N) is 4. The number of halogens is 2. The van der Waals surface area contributed by atoms with E-state index < -0.39 is 0 Å². The van der Waals surface area contributed by atoms with Crippen LogP contribution in [0.2, 0.25) is 5.02 Å². The van der Waals surface area contributed by atoms with Crippen LogP contribution in [0.15, 0.2) is 53.7 Å². The maximum absolute atomic E-state index is 5.92. The summed E-state index contributed by atoms with van der Waals surface area (Å²) in [5, 5.41) is 15.8. The molecule has 0 aliphatic rings. The van der Waals surface area contributed by atoms with E-state index in [1.54, 1.807) is 0 Å². The number of nitrogens with one attached hydrogen (secondary N) is 2. The van der Waals surface area contributed by atoms with E-state index in [0.29, 0.717) is 6.54 Å². The molecule has 8 heteroatoms. The molecule has 0 unspecified atom stereocenters. The molecule has 0 amide bonds. The minimum atomic E-state index is 0. The molecule has 0 radical (unpaired) electrons. The van der Waals surface area contributed by atoms with Gasteiger partial charge in [-0.3, -0.25) is 4.40 Å². The normalized spacial score (nSPS) is 11.3. The number of aliphatic imine (C=N–C) groups is 1. The van der Waals surface area contributed by atoms with Gasteiger partial charge in [0.05, 0.1) is 0 Å². The molecule has 0 bridgehead atoms. The second kappa shape index (κ2) is 11.1. The van der Waals surface area contributed by atoms with Crippen LogP contribution in [0, 0.1) is 0 Å². The molecule has 3 rings (SSSR count). The molecule has 3 aromatic rings. The first kappa shape index (κ1) is 21.4. The van der Waals surface area contributed by atoms with E-state index in [9.17, 15) is 0 Å². The van der Waals surface area contributed by atoms with Gasteiger partial charge in [-0.05, 0) is 49.6 Å². The van der Waals surface area contributed by atoms with Crippen LogP contribution < -0.4 is 10.6 Å². The van der Waals surface area contributed by atoms with Crippen LogP contribution in [-0.2, 0) is 13.0 Å². The van der Waals surface area contributed by atoms with Gasteiger partial charge in [0, 0.05) is 24.3 Å². The minimum Gasteiger partial charge on any atom is -0.357 e. The molecule has 0 spiro atoms. The number of aryl methyl sites for hydroxylation is 1. The first-order valence-corrected chi connectivity index (χ1v) is 9.19. The third kappa shape index (κ3) is 6.35. The molecule has 27 heavy (non-hydrogen) atoms. The van der Waals surface area contributed by atoms with E-state index in [4.69, 9.17) is 11.6 Å². The minimum absolute atomic E-state index is 0. The summed E-state index contributed by atoms with van der Waals surface area (Å²) in [6, 6.07) is 13.8. The summed E-state index contributed by atoms with van der Waals surface area (Å²) in [6.07, 6.45) is 3.96. The van der Waals surface area contributed by atoms with Gasteiger partial charge < -0.3 is 10.6 Å². The zero-order valence-corrected chi connectivity index (χ0v) is 18.3. The second-order valence-corrected chi connectivity index (χ2v) is 6.33. The highest BCUT2D eigenvalue weighted by molar-refractivity contribution is 14.0. The Kier molecular flexibility index (Phi) is 8.80. The Morgan fingerprint density at radius 2 is 1.93 bits per heavy atom. The van der Waals surface area contributed by atoms with E-state index in [1.807, 2.05) is 40.9 Å². The Bertz CT molecular complexity index is 862. The Balaban J connectivity index is 0.00000261. The summed E-state index contributed by atoms with van der Waals surface area (Å²) in [4.78, 5) is 4.62. The second-order valence-electron chi connectivity index (χ2n) is 5.90. The lowest BCUT2D eigenvalue weighted by Crippen LogP contribution is -2.37. The zero-order chi connectivity index (χ0) is 18.2. The topological polar surface area (TPSA) is 66.6 Å². The number of fused-ring (bicyclic) bond motifs is 1. The number of hydrogen-bond donors (Lipinski definition) is 2. The molecule has 1 aromatic carbocycles. The third-order valence-corrected chi connectivity index (χ3v) is 4.21. The Labute approximate surface area is 181 Å². The molecular formula is C19H24ClIN6. The summed E-state index contributed by atoms with van der Waals surface area (Å²) in [7, 11) is 0. The van der Waals surface area contributed by atoms with E-state index in [-0.39, 0.29) is 24.0 Å². The quantitative estimate of drug-likeness (QED) is 0.226. The molecule has 0 atom stereocenters. The predicted molar refractivity (Wildman–Crippen MR) is 121 cm³/mol. The molecule has 0 saturated carbocycles. The van der Waals surface area contributed by atoms with E-state index in [0.717, 1.165) is 48.4 Å². The molecule has 0 aliphatic carbocycles. The van der Waals surface area contributed by atoms with E-state index in [1.165, 1.54) is 5.56 Å². The largest absolute Gasteiger partial charge is 0.357 e. The zero-order valence-electron chi connectivity index (χ0n) is 15.2. The Hall–Kier alpha value is -1.87. The van der Waals surface area contributed by atoms with Crippen molar-refractivity contribution in [1.29, 1.82) is 0 Å². The van der Waals surface area contributed by atoms with Gasteiger partial charge in [0.1, 0.15) is 6.54 Å². The van der Waals surface area contributed by atoms with Gasteiger partial charge in [-0.1, -0.05) is 29.8 Å². The van der Waals surface area contributed by atoms with Crippen molar-refractivity contribution in [2.75, 3.05) is 13.1 Å². The van der Waals surface area contributed by atoms with Crippen molar-refractivity contribution in [1.82, 2.24) is 25.2 Å². The maximum Gasteiger partial charge on any atom is 0.191 e. The summed E-state index contributed by atoms with van der Waals surface area (Å²) in [5.74, 6) is 1.61. The fraction of sp³-hybridized carbons (Fsp3) is 0.316. The standard InChI is InChI=1S/C19H23ClN6.HI/c1-2-21-19(22-12-5-6-15-8-10-16(20)11-9-15)23-14-18-25-24-17-7-3-4-13-26(17)18;/h3-4,7-11,13H,2,5-6,12,14H2,1H3,(H2,21,22,23);1H. The number of pyridine rings is 1. The first-order valence-electron chi connectivity index (χ1n) is 8.81. The highest BCUT2D eigenvalue weighted by Crippen LogP contribution is 2.10. The number of aromatic nitrogens is 3. The molecule has 6 nitrogen and oxygen atoms in total. The summed E-state index contributed by atoms with van der Waals surface area (Å²) >= 11 is 5.92. The van der Waals surface area contributed by atoms with Crippen LogP contribution >= 0.6 is 35.6 Å². The van der Waals surface area contributed by atoms with Crippen molar-refractivity contribution in [2.24, 2.45) is 4.99 Å². The summed E-state index contributed by atoms with van der Waals surface area (Å²) < 4.78 is 1.95. The molecule has 0 fully saturated rings. The van der Waals surface area contributed by atoms with Crippen LogP contribution in [0.4, 0.5) is 0 Å². The average molecular weight is 499 g/mol. The van der Waals surface area contributed by atoms with Gasteiger partial charge in [0.25, 0.3) is 0 Å². The van der Waals surface area contributed by atoms with Crippen molar-refractivity contribution in [3.8, 4) is 0 Å². The maximum atomic E-state index is 5.92. The van der Waals surface area contributed by atoms with E-state index >= 15 is 0 Å². The molecule has 144 valence electrons. The lowest BCUT2D eigenvalue weighted by molar-refractivity contribution is 0.740. The fourth-order valence-corrected chi connectivity index (χ4v) is 2.77. The number of guanidine groups is 1. The molecule has 2 heterocycles. The number of benzene rings is 1. The van der Waals surface area contributed by atoms with Crippen molar-refractivity contribution in [2.45, 2.75) is 26.3 Å². The lowest BCUT2D eigenvalue weighted by atomic mass is 10.1.